The Morgan fingerprint density at radius 2 is 1.59 bits per heavy atom. The molecule has 2 atom stereocenters. The number of hydrogen-bond acceptors (Lipinski definition) is 5. The van der Waals surface area contributed by atoms with Gasteiger partial charge in [-0.05, 0) is 31.6 Å². The van der Waals surface area contributed by atoms with Gasteiger partial charge in [-0.1, -0.05) is 39.5 Å². The fourth-order valence-electron chi connectivity index (χ4n) is 3.13. The van der Waals surface area contributed by atoms with Gasteiger partial charge in [0.2, 0.25) is 0 Å². The van der Waals surface area contributed by atoms with Crippen molar-refractivity contribution in [2.75, 3.05) is 33.8 Å². The standard InChI is InChI=1S/C20H37NO6/c1-5-10-17(12-9-7-8-11-16(6-2)19(24)25)20(26)27-14-13-21(3,4)15-18(22)23/h16-17H,5-15H2,1-4H3,(H-,22,23,24,25). The van der Waals surface area contributed by atoms with Crippen molar-refractivity contribution in [3.8, 4) is 0 Å². The topological polar surface area (TPSA) is 104 Å². The zero-order valence-electron chi connectivity index (χ0n) is 17.4. The summed E-state index contributed by atoms with van der Waals surface area (Å²) in [4.78, 5) is 34.0. The van der Waals surface area contributed by atoms with Gasteiger partial charge in [0.15, 0.2) is 6.54 Å². The maximum absolute atomic E-state index is 12.3. The van der Waals surface area contributed by atoms with Gasteiger partial charge in [-0.3, -0.25) is 4.79 Å². The molecule has 2 unspecified atom stereocenters. The molecule has 0 aromatic rings. The Balaban J connectivity index is 4.21. The minimum atomic E-state index is -0.978. The fourth-order valence-corrected chi connectivity index (χ4v) is 3.13. The van der Waals surface area contributed by atoms with Gasteiger partial charge in [-0.2, -0.15) is 0 Å². The second kappa shape index (κ2) is 13.5. The minimum Gasteiger partial charge on any atom is -0.550 e. The van der Waals surface area contributed by atoms with E-state index in [-0.39, 0.29) is 35.4 Å². The summed E-state index contributed by atoms with van der Waals surface area (Å²) >= 11 is 0. The molecule has 0 saturated heterocycles. The molecule has 158 valence electrons. The molecular formula is C20H37NO6. The highest BCUT2D eigenvalue weighted by Gasteiger charge is 2.22. The number of esters is 1. The summed E-state index contributed by atoms with van der Waals surface area (Å²) in [7, 11) is 3.59. The molecule has 0 fully saturated rings. The predicted molar refractivity (Wildman–Crippen MR) is 101 cm³/mol. The van der Waals surface area contributed by atoms with E-state index in [1.54, 1.807) is 14.1 Å². The van der Waals surface area contributed by atoms with E-state index in [0.717, 1.165) is 38.5 Å². The van der Waals surface area contributed by atoms with Gasteiger partial charge < -0.3 is 24.2 Å². The molecule has 0 aliphatic heterocycles. The van der Waals surface area contributed by atoms with Crippen molar-refractivity contribution < 1.29 is 33.8 Å². The number of carboxylic acids is 2. The Labute approximate surface area is 163 Å². The monoisotopic (exact) mass is 387 g/mol. The number of quaternary nitrogens is 1. The van der Waals surface area contributed by atoms with Crippen LogP contribution in [0.2, 0.25) is 0 Å². The highest BCUT2D eigenvalue weighted by molar-refractivity contribution is 5.72. The Morgan fingerprint density at radius 1 is 1.00 bits per heavy atom. The molecular weight excluding hydrogens is 350 g/mol. The van der Waals surface area contributed by atoms with E-state index >= 15 is 0 Å². The first kappa shape index (κ1) is 25.4. The van der Waals surface area contributed by atoms with Crippen LogP contribution >= 0.6 is 0 Å². The number of carbonyl (C=O) groups is 3. The van der Waals surface area contributed by atoms with Crippen molar-refractivity contribution in [1.82, 2.24) is 0 Å². The molecule has 1 N–H and O–H groups in total. The maximum Gasteiger partial charge on any atom is 0.359 e. The molecule has 7 heteroatoms. The quantitative estimate of drug-likeness (QED) is 0.246. The van der Waals surface area contributed by atoms with Crippen molar-refractivity contribution in [3.63, 3.8) is 0 Å². The van der Waals surface area contributed by atoms with Crippen molar-refractivity contribution in [2.24, 2.45) is 11.8 Å². The lowest BCUT2D eigenvalue weighted by atomic mass is 9.94. The molecule has 0 aliphatic carbocycles. The number of ether oxygens (including phenoxy) is 1. The summed E-state index contributed by atoms with van der Waals surface area (Å²) in [5.41, 5.74) is 0. The summed E-state index contributed by atoms with van der Waals surface area (Å²) in [5, 5.41) is 19.8. The van der Waals surface area contributed by atoms with Crippen LogP contribution in [0.3, 0.4) is 0 Å². The minimum absolute atomic E-state index is 0.0133. The molecule has 0 aromatic carbocycles. The lowest BCUT2D eigenvalue weighted by Gasteiger charge is -2.27. The first-order chi connectivity index (χ1) is 12.6. The molecule has 7 nitrogen and oxygen atoms in total. The number of rotatable bonds is 16. The number of carboxylic acid groups (broad SMARTS) is 2. The Bertz CT molecular complexity index is 463. The van der Waals surface area contributed by atoms with Gasteiger partial charge >= 0.3 is 11.9 Å². The van der Waals surface area contributed by atoms with Crippen molar-refractivity contribution in [2.45, 2.75) is 65.2 Å². The van der Waals surface area contributed by atoms with Gasteiger partial charge in [0.25, 0.3) is 0 Å². The van der Waals surface area contributed by atoms with Gasteiger partial charge in [-0.15, -0.1) is 0 Å². The van der Waals surface area contributed by atoms with Crippen molar-refractivity contribution >= 4 is 17.9 Å². The number of nitrogens with zero attached hydrogens (tertiary/aromatic N) is 1. The molecule has 27 heavy (non-hydrogen) atoms. The van der Waals surface area contributed by atoms with Crippen molar-refractivity contribution in [3.05, 3.63) is 0 Å². The lowest BCUT2D eigenvalue weighted by molar-refractivity contribution is -0.883. The number of hydrogen-bond donors (Lipinski definition) is 1. The number of unbranched alkanes of at least 4 members (excludes halogenated alkanes) is 2. The van der Waals surface area contributed by atoms with Gasteiger partial charge in [0, 0.05) is 5.97 Å². The van der Waals surface area contributed by atoms with Crippen LogP contribution in [0, 0.1) is 11.8 Å². The van der Waals surface area contributed by atoms with Crippen LogP contribution in [0.1, 0.15) is 65.2 Å². The molecule has 0 rings (SSSR count). The summed E-state index contributed by atoms with van der Waals surface area (Å²) in [6.45, 7) is 4.53. The van der Waals surface area contributed by atoms with E-state index in [0.29, 0.717) is 19.4 Å². The van der Waals surface area contributed by atoms with Crippen LogP contribution in [-0.2, 0) is 19.1 Å². The predicted octanol–water partition coefficient (Wildman–Crippen LogP) is 1.83. The summed E-state index contributed by atoms with van der Waals surface area (Å²) in [5.74, 6) is -2.59. The van der Waals surface area contributed by atoms with E-state index < -0.39 is 11.9 Å². The van der Waals surface area contributed by atoms with E-state index in [1.165, 1.54) is 0 Å². The highest BCUT2D eigenvalue weighted by Crippen LogP contribution is 2.20. The van der Waals surface area contributed by atoms with Crippen molar-refractivity contribution in [1.29, 1.82) is 0 Å². The molecule has 0 spiro atoms. The first-order valence-corrected chi connectivity index (χ1v) is 10.0. The van der Waals surface area contributed by atoms with Gasteiger partial charge in [-0.25, -0.2) is 4.79 Å². The summed E-state index contributed by atoms with van der Waals surface area (Å²) in [6, 6.07) is 0. The molecule has 0 saturated carbocycles. The third-order valence-electron chi connectivity index (χ3n) is 4.91. The Kier molecular flexibility index (Phi) is 12.7. The van der Waals surface area contributed by atoms with E-state index in [2.05, 4.69) is 0 Å². The second-order valence-corrected chi connectivity index (χ2v) is 7.93. The van der Waals surface area contributed by atoms with E-state index in [9.17, 15) is 19.5 Å². The van der Waals surface area contributed by atoms with E-state index in [4.69, 9.17) is 9.84 Å². The molecule has 0 bridgehead atoms. The van der Waals surface area contributed by atoms with Crippen LogP contribution in [0.15, 0.2) is 0 Å². The zero-order chi connectivity index (χ0) is 20.9. The van der Waals surface area contributed by atoms with Crippen LogP contribution in [0.4, 0.5) is 0 Å². The lowest BCUT2D eigenvalue weighted by Crippen LogP contribution is -2.46. The molecule has 0 radical (unpaired) electrons. The van der Waals surface area contributed by atoms with Crippen LogP contribution in [0.5, 0.6) is 0 Å². The summed E-state index contributed by atoms with van der Waals surface area (Å²) < 4.78 is 5.65. The van der Waals surface area contributed by atoms with Gasteiger partial charge in [0.05, 0.1) is 20.0 Å². The average molecular weight is 388 g/mol. The average Bonchev–Trinajstić information content (AvgIpc) is 2.55. The Morgan fingerprint density at radius 3 is 2.07 bits per heavy atom. The number of carbonyl (C=O) groups excluding carboxylic acids is 2. The second-order valence-electron chi connectivity index (χ2n) is 7.93. The maximum atomic E-state index is 12.3. The highest BCUT2D eigenvalue weighted by atomic mass is 16.5. The fraction of sp³-hybridized carbons (Fsp3) is 0.850. The first-order valence-electron chi connectivity index (χ1n) is 10.0. The largest absolute Gasteiger partial charge is 0.550 e. The molecule has 0 aliphatic rings. The SMILES string of the molecule is CCCC(CCCCCC(CC)C(=O)[O-])C(=O)OCC[N+](C)(C)CC(=O)O. The Hall–Kier alpha value is -1.63. The third-order valence-corrected chi connectivity index (χ3v) is 4.91. The molecule has 0 amide bonds. The third kappa shape index (κ3) is 12.4. The smallest absolute Gasteiger partial charge is 0.359 e. The van der Waals surface area contributed by atoms with E-state index in [1.807, 2.05) is 13.8 Å². The van der Waals surface area contributed by atoms with Gasteiger partial charge in [0.1, 0.15) is 13.2 Å². The summed E-state index contributed by atoms with van der Waals surface area (Å²) in [6.07, 6.45) is 6.18. The van der Waals surface area contributed by atoms with Crippen LogP contribution < -0.4 is 5.11 Å². The number of likely N-dealkylation sites (N-methyl/N-ethyl adjacent to an activating group) is 1. The number of aliphatic carboxylic acids is 2. The van der Waals surface area contributed by atoms with Crippen LogP contribution in [-0.4, -0.2) is 61.3 Å². The normalized spacial score (nSPS) is 13.8. The zero-order valence-corrected chi connectivity index (χ0v) is 17.4. The van der Waals surface area contributed by atoms with Crippen LogP contribution in [0.25, 0.3) is 0 Å². The molecule has 0 heterocycles. The molecule has 0 aromatic heterocycles.